The van der Waals surface area contributed by atoms with Crippen LogP contribution < -0.4 is 5.32 Å². The Hall–Kier alpha value is -1.32. The van der Waals surface area contributed by atoms with E-state index in [0.717, 1.165) is 24.3 Å². The van der Waals surface area contributed by atoms with Gasteiger partial charge in [0.05, 0.1) is 11.8 Å². The van der Waals surface area contributed by atoms with E-state index in [4.69, 9.17) is 0 Å². The highest BCUT2D eigenvalue weighted by Gasteiger charge is 2.53. The van der Waals surface area contributed by atoms with E-state index >= 15 is 0 Å². The van der Waals surface area contributed by atoms with E-state index in [9.17, 15) is 4.79 Å². The molecule has 0 saturated heterocycles. The zero-order chi connectivity index (χ0) is 15.3. The largest absolute Gasteiger partial charge is 0.349 e. The molecule has 0 unspecified atom stereocenters. The highest BCUT2D eigenvalue weighted by atomic mass is 16.1. The molecule has 4 bridgehead atoms. The number of rotatable bonds is 4. The molecule has 4 heteroatoms. The molecule has 4 aliphatic carbocycles. The van der Waals surface area contributed by atoms with Crippen LogP contribution in [0, 0.1) is 23.2 Å². The average Bonchev–Trinajstić information content (AvgIpc) is 2.94. The Morgan fingerprint density at radius 3 is 2.41 bits per heavy atom. The van der Waals surface area contributed by atoms with Crippen LogP contribution in [0.4, 0.5) is 0 Å². The first kappa shape index (κ1) is 14.3. The fourth-order valence-electron chi connectivity index (χ4n) is 5.79. The minimum absolute atomic E-state index is 0.0444. The third kappa shape index (κ3) is 2.27. The monoisotopic (exact) mass is 301 g/mol. The maximum Gasteiger partial charge on any atom is 0.254 e. The van der Waals surface area contributed by atoms with Crippen molar-refractivity contribution in [2.45, 2.75) is 65.0 Å². The quantitative estimate of drug-likeness (QED) is 0.928. The molecule has 1 aromatic heterocycles. The van der Waals surface area contributed by atoms with Crippen LogP contribution in [0.5, 0.6) is 0 Å². The number of carbonyl (C=O) groups excluding carboxylic acids is 1. The van der Waals surface area contributed by atoms with Gasteiger partial charge in [0.2, 0.25) is 0 Å². The van der Waals surface area contributed by atoms with Gasteiger partial charge < -0.3 is 5.32 Å². The van der Waals surface area contributed by atoms with E-state index in [2.05, 4.69) is 17.3 Å². The molecule has 0 aliphatic heterocycles. The van der Waals surface area contributed by atoms with Crippen LogP contribution in [0.1, 0.15) is 62.7 Å². The number of amides is 1. The van der Waals surface area contributed by atoms with Crippen LogP contribution in [0.15, 0.2) is 12.4 Å². The topological polar surface area (TPSA) is 46.9 Å². The molecule has 1 N–H and O–H groups in total. The summed E-state index contributed by atoms with van der Waals surface area (Å²) in [5.41, 5.74) is 1.06. The van der Waals surface area contributed by atoms with Crippen LogP contribution in [0.25, 0.3) is 0 Å². The summed E-state index contributed by atoms with van der Waals surface area (Å²) < 4.78 is 1.81. The maximum atomic E-state index is 12.5. The third-order valence-electron chi connectivity index (χ3n) is 6.57. The lowest BCUT2D eigenvalue weighted by Gasteiger charge is -2.59. The van der Waals surface area contributed by atoms with E-state index in [1.165, 1.54) is 38.5 Å². The molecule has 4 saturated carbocycles. The number of carbonyl (C=O) groups is 1. The summed E-state index contributed by atoms with van der Waals surface area (Å²) in [5.74, 6) is 2.82. The van der Waals surface area contributed by atoms with Gasteiger partial charge in [-0.3, -0.25) is 9.48 Å². The first-order chi connectivity index (χ1) is 10.6. The molecule has 0 radical (unpaired) electrons. The van der Waals surface area contributed by atoms with Crippen LogP contribution >= 0.6 is 0 Å². The van der Waals surface area contributed by atoms with Crippen LogP contribution in [-0.2, 0) is 6.54 Å². The lowest BCUT2D eigenvalue weighted by molar-refractivity contribution is -0.0688. The first-order valence-corrected chi connectivity index (χ1v) is 8.91. The Kier molecular flexibility index (Phi) is 3.31. The van der Waals surface area contributed by atoms with Gasteiger partial charge in [0.15, 0.2) is 0 Å². The molecule has 22 heavy (non-hydrogen) atoms. The second-order valence-electron chi connectivity index (χ2n) is 8.06. The van der Waals surface area contributed by atoms with E-state index in [-0.39, 0.29) is 11.9 Å². The van der Waals surface area contributed by atoms with Crippen molar-refractivity contribution in [1.82, 2.24) is 15.1 Å². The molecule has 5 rings (SSSR count). The van der Waals surface area contributed by atoms with Gasteiger partial charge in [-0.05, 0) is 75.5 Å². The van der Waals surface area contributed by atoms with Crippen LogP contribution in [0.3, 0.4) is 0 Å². The number of nitrogens with zero attached hydrogens (tertiary/aromatic N) is 2. The first-order valence-electron chi connectivity index (χ1n) is 8.91. The van der Waals surface area contributed by atoms with E-state index < -0.39 is 0 Å². The summed E-state index contributed by atoms with van der Waals surface area (Å²) in [5, 5.41) is 7.51. The highest BCUT2D eigenvalue weighted by molar-refractivity contribution is 5.93. The van der Waals surface area contributed by atoms with E-state index in [1.807, 2.05) is 17.8 Å². The van der Waals surface area contributed by atoms with Gasteiger partial charge in [0, 0.05) is 18.8 Å². The van der Waals surface area contributed by atoms with Crippen molar-refractivity contribution >= 4 is 5.91 Å². The summed E-state index contributed by atoms with van der Waals surface area (Å²) in [4.78, 5) is 12.5. The van der Waals surface area contributed by atoms with Gasteiger partial charge in [0.25, 0.3) is 5.91 Å². The second kappa shape index (κ2) is 5.10. The molecule has 1 heterocycles. The molecule has 0 spiro atoms. The minimum Gasteiger partial charge on any atom is -0.349 e. The van der Waals surface area contributed by atoms with Crippen molar-refractivity contribution in [3.05, 3.63) is 18.0 Å². The predicted molar refractivity (Wildman–Crippen MR) is 85.4 cm³/mol. The van der Waals surface area contributed by atoms with E-state index in [1.54, 1.807) is 6.20 Å². The predicted octanol–water partition coefficient (Wildman–Crippen LogP) is 3.24. The van der Waals surface area contributed by atoms with Crippen molar-refractivity contribution < 1.29 is 4.79 Å². The van der Waals surface area contributed by atoms with E-state index in [0.29, 0.717) is 11.0 Å². The summed E-state index contributed by atoms with van der Waals surface area (Å²) in [7, 11) is 0. The summed E-state index contributed by atoms with van der Waals surface area (Å²) in [6.45, 7) is 5.07. The molecule has 4 fully saturated rings. The normalized spacial score (nSPS) is 37.3. The maximum absolute atomic E-state index is 12.5. The van der Waals surface area contributed by atoms with Gasteiger partial charge in [-0.25, -0.2) is 0 Å². The van der Waals surface area contributed by atoms with Gasteiger partial charge >= 0.3 is 0 Å². The Bertz CT molecular complexity index is 541. The Morgan fingerprint density at radius 1 is 1.32 bits per heavy atom. The van der Waals surface area contributed by atoms with Gasteiger partial charge in [-0.1, -0.05) is 0 Å². The minimum atomic E-state index is 0.0444. The number of aryl methyl sites for hydroxylation is 1. The second-order valence-corrected chi connectivity index (χ2v) is 8.06. The van der Waals surface area contributed by atoms with Crippen molar-refractivity contribution in [1.29, 1.82) is 0 Å². The number of nitrogens with one attached hydrogen (secondary N) is 1. The highest BCUT2D eigenvalue weighted by Crippen LogP contribution is 2.61. The molecule has 1 amide bonds. The fraction of sp³-hybridized carbons (Fsp3) is 0.778. The van der Waals surface area contributed by atoms with Crippen LogP contribution in [0.2, 0.25) is 0 Å². The van der Waals surface area contributed by atoms with Crippen molar-refractivity contribution in [3.8, 4) is 0 Å². The number of hydrogen-bond donors (Lipinski definition) is 1. The molecular weight excluding hydrogens is 274 g/mol. The lowest BCUT2D eigenvalue weighted by Crippen LogP contribution is -2.55. The molecule has 4 nitrogen and oxygen atoms in total. The zero-order valence-electron chi connectivity index (χ0n) is 13.7. The average molecular weight is 301 g/mol. The molecule has 120 valence electrons. The standard InChI is InChI=1S/C18H27N3O/c1-3-21-11-16(10-19-21)17(22)20-12(2)18-7-13-4-14(8-18)6-15(5-13)9-18/h10-15H,3-9H2,1-2H3,(H,20,22)/t12-,13?,14?,15?,18?/m0/s1. The lowest BCUT2D eigenvalue weighted by atomic mass is 9.48. The van der Waals surface area contributed by atoms with Crippen molar-refractivity contribution in [2.75, 3.05) is 0 Å². The Balaban J connectivity index is 1.47. The van der Waals surface area contributed by atoms with Gasteiger partial charge in [-0.2, -0.15) is 5.10 Å². The molecule has 0 aromatic carbocycles. The fourth-order valence-corrected chi connectivity index (χ4v) is 5.79. The van der Waals surface area contributed by atoms with Crippen molar-refractivity contribution in [2.24, 2.45) is 23.2 Å². The van der Waals surface area contributed by atoms with Gasteiger partial charge in [0.1, 0.15) is 0 Å². The Labute approximate surface area is 132 Å². The zero-order valence-corrected chi connectivity index (χ0v) is 13.7. The van der Waals surface area contributed by atoms with Crippen molar-refractivity contribution in [3.63, 3.8) is 0 Å². The van der Waals surface area contributed by atoms with Gasteiger partial charge in [-0.15, -0.1) is 0 Å². The summed E-state index contributed by atoms with van der Waals surface area (Å²) in [6, 6.07) is 0.276. The summed E-state index contributed by atoms with van der Waals surface area (Å²) >= 11 is 0. The smallest absolute Gasteiger partial charge is 0.254 e. The van der Waals surface area contributed by atoms with Crippen LogP contribution in [-0.4, -0.2) is 21.7 Å². The Morgan fingerprint density at radius 2 is 1.91 bits per heavy atom. The SMILES string of the molecule is CCn1cc(C(=O)N[C@@H](C)C23CC4CC(CC(C4)C2)C3)cn1. The number of aromatic nitrogens is 2. The molecule has 4 aliphatic rings. The number of hydrogen-bond acceptors (Lipinski definition) is 2. The summed E-state index contributed by atoms with van der Waals surface area (Å²) in [6.07, 6.45) is 11.9. The molecular formula is C18H27N3O. The molecule has 1 atom stereocenters. The third-order valence-corrected chi connectivity index (χ3v) is 6.57. The molecule has 1 aromatic rings.